The van der Waals surface area contributed by atoms with Crippen molar-refractivity contribution in [1.29, 1.82) is 0 Å². The van der Waals surface area contributed by atoms with Gasteiger partial charge in [0.25, 0.3) is 5.91 Å². The lowest BCUT2D eigenvalue weighted by atomic mass is 10.2. The van der Waals surface area contributed by atoms with Crippen LogP contribution in [0, 0.1) is 0 Å². The van der Waals surface area contributed by atoms with Gasteiger partial charge in [0.15, 0.2) is 0 Å². The highest BCUT2D eigenvalue weighted by Gasteiger charge is 2.31. The van der Waals surface area contributed by atoms with Crippen molar-refractivity contribution in [2.24, 2.45) is 0 Å². The second-order valence-corrected chi connectivity index (χ2v) is 9.16. The maximum Gasteiger partial charge on any atom is 0.255 e. The summed E-state index contributed by atoms with van der Waals surface area (Å²) in [5, 5.41) is 3.06. The number of ether oxygens (including phenoxy) is 3. The third kappa shape index (κ3) is 4.89. The quantitative estimate of drug-likeness (QED) is 0.633. The van der Waals surface area contributed by atoms with Crippen LogP contribution in [0.5, 0.6) is 17.2 Å². The zero-order valence-electron chi connectivity index (χ0n) is 17.6. The van der Waals surface area contributed by atoms with Crippen LogP contribution in [0.25, 0.3) is 0 Å². The van der Waals surface area contributed by atoms with E-state index >= 15 is 0 Å². The Morgan fingerprint density at radius 2 is 1.74 bits per heavy atom. The van der Waals surface area contributed by atoms with Crippen molar-refractivity contribution < 1.29 is 27.4 Å². The molecule has 1 saturated heterocycles. The number of benzene rings is 2. The van der Waals surface area contributed by atoms with Gasteiger partial charge in [-0.15, -0.1) is 0 Å². The van der Waals surface area contributed by atoms with Crippen LogP contribution < -0.4 is 19.5 Å². The number of sulfonamides is 1. The summed E-state index contributed by atoms with van der Waals surface area (Å²) in [5.74, 6) is 0.414. The molecular weight excluding hydrogens is 444 g/mol. The fourth-order valence-electron chi connectivity index (χ4n) is 3.35. The molecule has 2 aromatic rings. The molecule has 0 unspecified atom stereocenters. The highest BCUT2D eigenvalue weighted by Crippen LogP contribution is 2.36. The van der Waals surface area contributed by atoms with Gasteiger partial charge >= 0.3 is 0 Å². The van der Waals surface area contributed by atoms with Gasteiger partial charge in [0.1, 0.15) is 22.1 Å². The third-order valence-electron chi connectivity index (χ3n) is 4.91. The van der Waals surface area contributed by atoms with E-state index in [1.165, 1.54) is 48.9 Å². The van der Waals surface area contributed by atoms with Gasteiger partial charge in [-0.25, -0.2) is 8.42 Å². The number of halogens is 1. The van der Waals surface area contributed by atoms with Crippen molar-refractivity contribution >= 4 is 33.2 Å². The van der Waals surface area contributed by atoms with E-state index < -0.39 is 15.9 Å². The molecule has 8 nitrogen and oxygen atoms in total. The SMILES string of the molecule is CCOc1ccc(C(=O)Nc2cc(OC)c(Cl)cc2OC)cc1S(=O)(=O)N1CCCC1. The lowest BCUT2D eigenvalue weighted by molar-refractivity contribution is 0.102. The number of hydrogen-bond donors (Lipinski definition) is 1. The van der Waals surface area contributed by atoms with Crippen LogP contribution in [0.1, 0.15) is 30.1 Å². The minimum Gasteiger partial charge on any atom is -0.495 e. The van der Waals surface area contributed by atoms with Crippen molar-refractivity contribution in [2.45, 2.75) is 24.7 Å². The number of amides is 1. The first-order valence-electron chi connectivity index (χ1n) is 9.81. The van der Waals surface area contributed by atoms with Gasteiger partial charge < -0.3 is 19.5 Å². The number of carbonyl (C=O) groups is 1. The molecule has 168 valence electrons. The number of nitrogens with zero attached hydrogens (tertiary/aromatic N) is 1. The molecule has 1 aliphatic heterocycles. The summed E-state index contributed by atoms with van der Waals surface area (Å²) < 4.78 is 43.7. The number of carbonyl (C=O) groups excluding carboxylic acids is 1. The van der Waals surface area contributed by atoms with Gasteiger partial charge in [0.2, 0.25) is 10.0 Å². The number of anilines is 1. The minimum absolute atomic E-state index is 0.0236. The summed E-state index contributed by atoms with van der Waals surface area (Å²) in [7, 11) is -0.874. The minimum atomic E-state index is -3.78. The Kier molecular flexibility index (Phi) is 7.30. The second kappa shape index (κ2) is 9.76. The molecule has 0 spiro atoms. The van der Waals surface area contributed by atoms with Crippen LogP contribution in [-0.2, 0) is 10.0 Å². The van der Waals surface area contributed by atoms with E-state index in [0.29, 0.717) is 41.9 Å². The highest BCUT2D eigenvalue weighted by atomic mass is 35.5. The van der Waals surface area contributed by atoms with Crippen molar-refractivity contribution in [3.05, 3.63) is 40.9 Å². The van der Waals surface area contributed by atoms with E-state index in [-0.39, 0.29) is 16.2 Å². The molecule has 3 rings (SSSR count). The molecule has 1 aliphatic rings. The average molecular weight is 469 g/mol. The zero-order chi connectivity index (χ0) is 22.6. The van der Waals surface area contributed by atoms with Crippen LogP contribution in [0.4, 0.5) is 5.69 Å². The van der Waals surface area contributed by atoms with Gasteiger partial charge in [0, 0.05) is 30.8 Å². The van der Waals surface area contributed by atoms with Crippen molar-refractivity contribution in [2.75, 3.05) is 39.2 Å². The summed E-state index contributed by atoms with van der Waals surface area (Å²) in [5.41, 5.74) is 0.503. The Morgan fingerprint density at radius 3 is 2.35 bits per heavy atom. The maximum absolute atomic E-state index is 13.1. The van der Waals surface area contributed by atoms with E-state index in [4.69, 9.17) is 25.8 Å². The van der Waals surface area contributed by atoms with Crippen LogP contribution in [-0.4, -0.2) is 52.5 Å². The topological polar surface area (TPSA) is 94.2 Å². The first-order chi connectivity index (χ1) is 14.8. The molecule has 0 aliphatic carbocycles. The van der Waals surface area contributed by atoms with Crippen LogP contribution in [0.15, 0.2) is 35.2 Å². The average Bonchev–Trinajstić information content (AvgIpc) is 3.31. The maximum atomic E-state index is 13.1. The largest absolute Gasteiger partial charge is 0.495 e. The first-order valence-corrected chi connectivity index (χ1v) is 11.6. The molecule has 0 aromatic heterocycles. The Morgan fingerprint density at radius 1 is 1.06 bits per heavy atom. The van der Waals surface area contributed by atoms with Gasteiger partial charge in [-0.1, -0.05) is 11.6 Å². The van der Waals surface area contributed by atoms with Crippen LogP contribution in [0.2, 0.25) is 5.02 Å². The van der Waals surface area contributed by atoms with E-state index in [9.17, 15) is 13.2 Å². The summed E-state index contributed by atoms with van der Waals surface area (Å²) in [4.78, 5) is 12.9. The molecule has 2 aromatic carbocycles. The van der Waals surface area contributed by atoms with Gasteiger partial charge in [-0.2, -0.15) is 4.31 Å². The summed E-state index contributed by atoms with van der Waals surface area (Å²) in [6, 6.07) is 7.42. The van der Waals surface area contributed by atoms with E-state index in [2.05, 4.69) is 5.32 Å². The monoisotopic (exact) mass is 468 g/mol. The molecule has 1 heterocycles. The molecule has 1 N–H and O–H groups in total. The number of nitrogens with one attached hydrogen (secondary N) is 1. The van der Waals surface area contributed by atoms with Crippen LogP contribution >= 0.6 is 11.6 Å². The number of rotatable bonds is 8. The molecule has 0 radical (unpaired) electrons. The third-order valence-corrected chi connectivity index (χ3v) is 7.13. The zero-order valence-corrected chi connectivity index (χ0v) is 19.2. The Labute approximate surface area is 187 Å². The second-order valence-electron chi connectivity index (χ2n) is 6.85. The van der Waals surface area contributed by atoms with Crippen LogP contribution in [0.3, 0.4) is 0 Å². The molecule has 1 amide bonds. The number of hydrogen-bond acceptors (Lipinski definition) is 6. The molecule has 0 atom stereocenters. The molecule has 1 fully saturated rings. The Bertz CT molecular complexity index is 1070. The Hall–Kier alpha value is -2.49. The first kappa shape index (κ1) is 23.2. The predicted octanol–water partition coefficient (Wildman–Crippen LogP) is 3.79. The highest BCUT2D eigenvalue weighted by molar-refractivity contribution is 7.89. The van der Waals surface area contributed by atoms with Crippen molar-refractivity contribution in [1.82, 2.24) is 4.31 Å². The molecule has 31 heavy (non-hydrogen) atoms. The molecule has 0 saturated carbocycles. The smallest absolute Gasteiger partial charge is 0.255 e. The summed E-state index contributed by atoms with van der Waals surface area (Å²) in [6.45, 7) is 2.97. The van der Waals surface area contributed by atoms with Gasteiger partial charge in [-0.3, -0.25) is 4.79 Å². The number of methoxy groups -OCH3 is 2. The lowest BCUT2D eigenvalue weighted by Gasteiger charge is -2.19. The van der Waals surface area contributed by atoms with Crippen molar-refractivity contribution in [3.8, 4) is 17.2 Å². The van der Waals surface area contributed by atoms with Crippen molar-refractivity contribution in [3.63, 3.8) is 0 Å². The molecular formula is C21H25ClN2O6S. The predicted molar refractivity (Wildman–Crippen MR) is 118 cm³/mol. The van der Waals surface area contributed by atoms with E-state index in [0.717, 1.165) is 12.8 Å². The summed E-state index contributed by atoms with van der Waals surface area (Å²) >= 11 is 6.11. The molecule has 10 heteroatoms. The van der Waals surface area contributed by atoms with Gasteiger partial charge in [-0.05, 0) is 38.0 Å². The summed E-state index contributed by atoms with van der Waals surface area (Å²) in [6.07, 6.45) is 1.61. The Balaban J connectivity index is 1.97. The fourth-order valence-corrected chi connectivity index (χ4v) is 5.25. The normalized spacial score (nSPS) is 14.3. The lowest BCUT2D eigenvalue weighted by Crippen LogP contribution is -2.28. The fraction of sp³-hybridized carbons (Fsp3) is 0.381. The molecule has 0 bridgehead atoms. The van der Waals surface area contributed by atoms with Gasteiger partial charge in [0.05, 0.1) is 31.5 Å². The van der Waals surface area contributed by atoms with E-state index in [1.54, 1.807) is 6.92 Å². The van der Waals surface area contributed by atoms with E-state index in [1.807, 2.05) is 0 Å². The standard InChI is InChI=1S/C21H25ClN2O6S/c1-4-30-17-8-7-14(11-20(17)31(26,27)24-9-5-6-10-24)21(25)23-16-13-18(28-2)15(22)12-19(16)29-3/h7-8,11-13H,4-6,9-10H2,1-3H3,(H,23,25).